The number of nitrogens with zero attached hydrogens (tertiary/aromatic N) is 1. The standard InChI is InChI=1S/C13H14F3N3O3/c14-13(15,16)8-1-3-10(11(7-8)19(21)22)18-9-2-4-12(20)17-6-5-9/h1,3,7,9,18H,2,4-6H2,(H,17,20). The Kier molecular flexibility index (Phi) is 4.53. The number of hydrogen-bond acceptors (Lipinski definition) is 4. The molecule has 0 aliphatic carbocycles. The molecular weight excluding hydrogens is 303 g/mol. The molecule has 0 aromatic heterocycles. The van der Waals surface area contributed by atoms with Gasteiger partial charge in [0.15, 0.2) is 0 Å². The zero-order valence-electron chi connectivity index (χ0n) is 11.4. The fourth-order valence-corrected chi connectivity index (χ4v) is 2.27. The lowest BCUT2D eigenvalue weighted by molar-refractivity contribution is -0.384. The van der Waals surface area contributed by atoms with E-state index in [0.29, 0.717) is 25.5 Å². The summed E-state index contributed by atoms with van der Waals surface area (Å²) in [7, 11) is 0. The lowest BCUT2D eigenvalue weighted by Gasteiger charge is -2.17. The van der Waals surface area contributed by atoms with Crippen molar-refractivity contribution in [2.75, 3.05) is 11.9 Å². The van der Waals surface area contributed by atoms with Crippen LogP contribution in [0.15, 0.2) is 18.2 Å². The van der Waals surface area contributed by atoms with E-state index >= 15 is 0 Å². The maximum atomic E-state index is 12.6. The number of carbonyl (C=O) groups excluding carboxylic acids is 1. The summed E-state index contributed by atoms with van der Waals surface area (Å²) < 4.78 is 37.9. The van der Waals surface area contributed by atoms with Crippen LogP contribution in [0.25, 0.3) is 0 Å². The largest absolute Gasteiger partial charge is 0.416 e. The van der Waals surface area contributed by atoms with Crippen molar-refractivity contribution >= 4 is 17.3 Å². The summed E-state index contributed by atoms with van der Waals surface area (Å²) in [6, 6.07) is 2.16. The molecule has 2 rings (SSSR count). The molecule has 1 heterocycles. The van der Waals surface area contributed by atoms with Gasteiger partial charge in [0.05, 0.1) is 10.5 Å². The minimum Gasteiger partial charge on any atom is -0.377 e. The molecule has 1 atom stereocenters. The second-order valence-electron chi connectivity index (χ2n) is 5.01. The quantitative estimate of drug-likeness (QED) is 0.663. The molecule has 1 aromatic rings. The molecular formula is C13H14F3N3O3. The van der Waals surface area contributed by atoms with Gasteiger partial charge in [0, 0.05) is 25.1 Å². The van der Waals surface area contributed by atoms with Crippen LogP contribution in [0.5, 0.6) is 0 Å². The number of carbonyl (C=O) groups is 1. The third-order valence-corrected chi connectivity index (χ3v) is 3.42. The van der Waals surface area contributed by atoms with Gasteiger partial charge < -0.3 is 10.6 Å². The van der Waals surface area contributed by atoms with E-state index in [0.717, 1.165) is 12.1 Å². The highest BCUT2D eigenvalue weighted by Gasteiger charge is 2.33. The van der Waals surface area contributed by atoms with Gasteiger partial charge in [0.25, 0.3) is 5.69 Å². The molecule has 0 bridgehead atoms. The van der Waals surface area contributed by atoms with Gasteiger partial charge in [-0.15, -0.1) is 0 Å². The van der Waals surface area contributed by atoms with Crippen LogP contribution in [-0.4, -0.2) is 23.4 Å². The lowest BCUT2D eigenvalue weighted by Crippen LogP contribution is -2.23. The Hall–Kier alpha value is -2.32. The molecule has 1 saturated heterocycles. The fraction of sp³-hybridized carbons (Fsp3) is 0.462. The van der Waals surface area contributed by atoms with Crippen molar-refractivity contribution in [2.24, 2.45) is 0 Å². The van der Waals surface area contributed by atoms with Gasteiger partial charge in [0.1, 0.15) is 5.69 Å². The average Bonchev–Trinajstić information content (AvgIpc) is 2.62. The fourth-order valence-electron chi connectivity index (χ4n) is 2.27. The molecule has 120 valence electrons. The number of benzene rings is 1. The summed E-state index contributed by atoms with van der Waals surface area (Å²) in [5, 5.41) is 16.5. The number of nitro groups is 1. The molecule has 22 heavy (non-hydrogen) atoms. The van der Waals surface area contributed by atoms with E-state index in [1.54, 1.807) is 0 Å². The number of amides is 1. The highest BCUT2D eigenvalue weighted by molar-refractivity contribution is 5.76. The third kappa shape index (κ3) is 3.86. The minimum absolute atomic E-state index is 0.0253. The number of hydrogen-bond donors (Lipinski definition) is 2. The maximum absolute atomic E-state index is 12.6. The van der Waals surface area contributed by atoms with Gasteiger partial charge >= 0.3 is 6.18 Å². The minimum atomic E-state index is -4.64. The normalized spacial score (nSPS) is 19.2. The number of anilines is 1. The SMILES string of the molecule is O=C1CCC(Nc2ccc(C(F)(F)F)cc2[N+](=O)[O-])CCN1. The van der Waals surface area contributed by atoms with Gasteiger partial charge in [-0.2, -0.15) is 13.2 Å². The Morgan fingerprint density at radius 2 is 2.05 bits per heavy atom. The van der Waals surface area contributed by atoms with Gasteiger partial charge in [-0.1, -0.05) is 0 Å². The van der Waals surface area contributed by atoms with Gasteiger partial charge in [-0.05, 0) is 25.0 Å². The van der Waals surface area contributed by atoms with Crippen LogP contribution in [0.2, 0.25) is 0 Å². The first-order chi connectivity index (χ1) is 10.3. The predicted molar refractivity (Wildman–Crippen MR) is 72.4 cm³/mol. The average molecular weight is 317 g/mol. The lowest BCUT2D eigenvalue weighted by atomic mass is 10.1. The number of halogens is 3. The van der Waals surface area contributed by atoms with Crippen molar-refractivity contribution in [3.05, 3.63) is 33.9 Å². The van der Waals surface area contributed by atoms with Gasteiger partial charge in [-0.3, -0.25) is 14.9 Å². The Bertz CT molecular complexity index is 590. The second-order valence-corrected chi connectivity index (χ2v) is 5.01. The molecule has 1 aliphatic heterocycles. The number of rotatable bonds is 3. The first-order valence-electron chi connectivity index (χ1n) is 6.66. The summed E-state index contributed by atoms with van der Waals surface area (Å²) in [5.74, 6) is -0.105. The molecule has 6 nitrogen and oxygen atoms in total. The highest BCUT2D eigenvalue weighted by Crippen LogP contribution is 2.35. The van der Waals surface area contributed by atoms with Crippen molar-refractivity contribution < 1.29 is 22.9 Å². The maximum Gasteiger partial charge on any atom is 0.416 e. The van der Waals surface area contributed by atoms with Gasteiger partial charge in [-0.25, -0.2) is 0 Å². The molecule has 2 N–H and O–H groups in total. The zero-order chi connectivity index (χ0) is 16.3. The van der Waals surface area contributed by atoms with E-state index in [4.69, 9.17) is 0 Å². The molecule has 1 aromatic carbocycles. The first-order valence-corrected chi connectivity index (χ1v) is 6.66. The Balaban J connectivity index is 2.23. The highest BCUT2D eigenvalue weighted by atomic mass is 19.4. The molecule has 1 unspecified atom stereocenters. The summed E-state index contributed by atoms with van der Waals surface area (Å²) in [6.45, 7) is 0.422. The van der Waals surface area contributed by atoms with Gasteiger partial charge in [0.2, 0.25) is 5.91 Å². The molecule has 0 radical (unpaired) electrons. The summed E-state index contributed by atoms with van der Waals surface area (Å²) in [5.41, 5.74) is -1.67. The van der Waals surface area contributed by atoms with Crippen LogP contribution in [0.4, 0.5) is 24.5 Å². The number of alkyl halides is 3. The second kappa shape index (κ2) is 6.20. The molecule has 1 amide bonds. The van der Waals surface area contributed by atoms with E-state index < -0.39 is 22.4 Å². The smallest absolute Gasteiger partial charge is 0.377 e. The topological polar surface area (TPSA) is 84.3 Å². The van der Waals surface area contributed by atoms with E-state index in [1.165, 1.54) is 0 Å². The molecule has 1 aliphatic rings. The molecule has 9 heteroatoms. The Morgan fingerprint density at radius 3 is 2.68 bits per heavy atom. The molecule has 0 saturated carbocycles. The van der Waals surface area contributed by atoms with Crippen molar-refractivity contribution in [2.45, 2.75) is 31.5 Å². The molecule has 0 spiro atoms. The van der Waals surface area contributed by atoms with E-state index in [2.05, 4.69) is 10.6 Å². The predicted octanol–water partition coefficient (Wildman–Crippen LogP) is 2.69. The number of nitro benzene ring substituents is 1. The zero-order valence-corrected chi connectivity index (χ0v) is 11.4. The van der Waals surface area contributed by atoms with Crippen molar-refractivity contribution in [1.29, 1.82) is 0 Å². The summed E-state index contributed by atoms with van der Waals surface area (Å²) >= 11 is 0. The van der Waals surface area contributed by atoms with Crippen molar-refractivity contribution in [3.63, 3.8) is 0 Å². The Morgan fingerprint density at radius 1 is 1.32 bits per heavy atom. The van der Waals surface area contributed by atoms with Crippen LogP contribution >= 0.6 is 0 Å². The Labute approximate surface area is 123 Å². The first kappa shape index (κ1) is 16.1. The third-order valence-electron chi connectivity index (χ3n) is 3.42. The summed E-state index contributed by atoms with van der Waals surface area (Å²) in [6.07, 6.45) is -3.36. The van der Waals surface area contributed by atoms with Crippen LogP contribution in [0, 0.1) is 10.1 Å². The number of nitrogens with one attached hydrogen (secondary N) is 2. The van der Waals surface area contributed by atoms with Crippen LogP contribution in [0.1, 0.15) is 24.8 Å². The summed E-state index contributed by atoms with van der Waals surface area (Å²) in [4.78, 5) is 21.4. The van der Waals surface area contributed by atoms with E-state index in [9.17, 15) is 28.1 Å². The van der Waals surface area contributed by atoms with Crippen LogP contribution < -0.4 is 10.6 Å². The van der Waals surface area contributed by atoms with Crippen LogP contribution in [0.3, 0.4) is 0 Å². The van der Waals surface area contributed by atoms with E-state index in [-0.39, 0.29) is 24.1 Å². The molecule has 1 fully saturated rings. The van der Waals surface area contributed by atoms with Crippen molar-refractivity contribution in [1.82, 2.24) is 5.32 Å². The van der Waals surface area contributed by atoms with Crippen molar-refractivity contribution in [3.8, 4) is 0 Å². The monoisotopic (exact) mass is 317 g/mol. The van der Waals surface area contributed by atoms with E-state index in [1.807, 2.05) is 0 Å². The van der Waals surface area contributed by atoms with Crippen LogP contribution in [-0.2, 0) is 11.0 Å².